The van der Waals surface area contributed by atoms with Crippen molar-refractivity contribution in [2.24, 2.45) is 0 Å². The summed E-state index contributed by atoms with van der Waals surface area (Å²) in [6.45, 7) is 2.02. The zero-order valence-corrected chi connectivity index (χ0v) is 11.2. The number of hydrogen-bond acceptors (Lipinski definition) is 2. The molecule has 0 saturated carbocycles. The van der Waals surface area contributed by atoms with E-state index in [9.17, 15) is 5.11 Å². The maximum Gasteiger partial charge on any atom is 0.124 e. The number of pyridine rings is 1. The van der Waals surface area contributed by atoms with E-state index in [2.05, 4.69) is 4.98 Å². The first-order chi connectivity index (χ1) is 9.72. The Hall–Kier alpha value is -2.61. The fourth-order valence-electron chi connectivity index (χ4n) is 2.11. The number of nitrogens with zero attached hydrogens (tertiary/aromatic N) is 1. The van der Waals surface area contributed by atoms with Gasteiger partial charge in [-0.2, -0.15) is 0 Å². The van der Waals surface area contributed by atoms with Gasteiger partial charge in [-0.25, -0.2) is 4.98 Å². The molecule has 1 aromatic heterocycles. The number of aromatic nitrogens is 1. The highest BCUT2D eigenvalue weighted by Crippen LogP contribution is 2.17. The molecule has 0 aliphatic carbocycles. The molecule has 2 heteroatoms. The van der Waals surface area contributed by atoms with Gasteiger partial charge in [0.2, 0.25) is 0 Å². The highest BCUT2D eigenvalue weighted by Gasteiger charge is 2.01. The van der Waals surface area contributed by atoms with Crippen LogP contribution < -0.4 is 0 Å². The topological polar surface area (TPSA) is 33.1 Å². The van der Waals surface area contributed by atoms with Crippen LogP contribution in [0.3, 0.4) is 0 Å². The van der Waals surface area contributed by atoms with Gasteiger partial charge in [0.1, 0.15) is 5.76 Å². The second-order valence-corrected chi connectivity index (χ2v) is 4.82. The standard InChI is InChI=1S/C18H15NO/c1-13-6-8-15(9-7-13)18(20)12-16-11-10-14-4-2-3-5-17(14)19-16/h2-12,20H,1H3/b18-12-. The molecule has 1 heterocycles. The summed E-state index contributed by atoms with van der Waals surface area (Å²) >= 11 is 0. The third-order valence-electron chi connectivity index (χ3n) is 3.25. The van der Waals surface area contributed by atoms with Crippen molar-refractivity contribution in [3.05, 3.63) is 77.5 Å². The Bertz CT molecular complexity index is 773. The molecular weight excluding hydrogens is 246 g/mol. The molecule has 3 rings (SSSR count). The molecule has 0 unspecified atom stereocenters. The van der Waals surface area contributed by atoms with Crippen LogP contribution in [0.25, 0.3) is 22.7 Å². The SMILES string of the molecule is Cc1ccc(/C(O)=C/c2ccc3ccccc3n2)cc1. The van der Waals surface area contributed by atoms with Crippen molar-refractivity contribution in [3.8, 4) is 0 Å². The molecule has 20 heavy (non-hydrogen) atoms. The Kier molecular flexibility index (Phi) is 3.21. The van der Waals surface area contributed by atoms with Gasteiger partial charge in [-0.15, -0.1) is 0 Å². The van der Waals surface area contributed by atoms with E-state index in [1.165, 1.54) is 5.56 Å². The second kappa shape index (κ2) is 5.17. The summed E-state index contributed by atoms with van der Waals surface area (Å²) in [5, 5.41) is 11.3. The molecule has 0 aliphatic heterocycles. The summed E-state index contributed by atoms with van der Waals surface area (Å²) in [7, 11) is 0. The van der Waals surface area contributed by atoms with Gasteiger partial charge < -0.3 is 5.11 Å². The van der Waals surface area contributed by atoms with E-state index >= 15 is 0 Å². The van der Waals surface area contributed by atoms with Crippen molar-refractivity contribution in [1.82, 2.24) is 4.98 Å². The molecule has 1 N–H and O–H groups in total. The van der Waals surface area contributed by atoms with E-state index in [4.69, 9.17) is 0 Å². The predicted octanol–water partition coefficient (Wildman–Crippen LogP) is 4.60. The van der Waals surface area contributed by atoms with Gasteiger partial charge in [-0.05, 0) is 19.1 Å². The number of aliphatic hydroxyl groups is 1. The average Bonchev–Trinajstić information content (AvgIpc) is 2.48. The Morgan fingerprint density at radius 1 is 0.950 bits per heavy atom. The summed E-state index contributed by atoms with van der Waals surface area (Å²) in [6, 6.07) is 19.6. The van der Waals surface area contributed by atoms with Crippen LogP contribution in [0.1, 0.15) is 16.8 Å². The van der Waals surface area contributed by atoms with Gasteiger partial charge >= 0.3 is 0 Å². The molecular formula is C18H15NO. The fraction of sp³-hybridized carbons (Fsp3) is 0.0556. The monoisotopic (exact) mass is 261 g/mol. The first kappa shape index (κ1) is 12.4. The molecule has 0 atom stereocenters. The first-order valence-corrected chi connectivity index (χ1v) is 6.56. The highest BCUT2D eigenvalue weighted by atomic mass is 16.3. The van der Waals surface area contributed by atoms with Crippen molar-refractivity contribution in [1.29, 1.82) is 0 Å². The molecule has 0 fully saturated rings. The van der Waals surface area contributed by atoms with Crippen molar-refractivity contribution < 1.29 is 5.11 Å². The zero-order valence-electron chi connectivity index (χ0n) is 11.2. The summed E-state index contributed by atoms with van der Waals surface area (Å²) in [4.78, 5) is 4.52. The van der Waals surface area contributed by atoms with Crippen molar-refractivity contribution >= 4 is 22.7 Å². The lowest BCUT2D eigenvalue weighted by Gasteiger charge is -2.02. The quantitative estimate of drug-likeness (QED) is 0.684. The molecule has 2 nitrogen and oxygen atoms in total. The minimum absolute atomic E-state index is 0.229. The smallest absolute Gasteiger partial charge is 0.124 e. The number of para-hydroxylation sites is 1. The van der Waals surface area contributed by atoms with Gasteiger partial charge in [0.05, 0.1) is 11.2 Å². The lowest BCUT2D eigenvalue weighted by molar-refractivity contribution is 0.515. The van der Waals surface area contributed by atoms with Crippen molar-refractivity contribution in [2.45, 2.75) is 6.92 Å². The predicted molar refractivity (Wildman–Crippen MR) is 83.4 cm³/mol. The first-order valence-electron chi connectivity index (χ1n) is 6.56. The minimum Gasteiger partial charge on any atom is -0.507 e. The van der Waals surface area contributed by atoms with Gasteiger partial charge in [-0.3, -0.25) is 0 Å². The number of fused-ring (bicyclic) bond motifs is 1. The number of aliphatic hydroxyl groups excluding tert-OH is 1. The third-order valence-corrected chi connectivity index (χ3v) is 3.25. The molecule has 0 radical (unpaired) electrons. The van der Waals surface area contributed by atoms with E-state index in [1.807, 2.05) is 67.6 Å². The maximum atomic E-state index is 10.2. The van der Waals surface area contributed by atoms with Gasteiger partial charge in [0.25, 0.3) is 0 Å². The van der Waals surface area contributed by atoms with E-state index < -0.39 is 0 Å². The number of hydrogen-bond donors (Lipinski definition) is 1. The van der Waals surface area contributed by atoms with Gasteiger partial charge in [0, 0.05) is 17.0 Å². The van der Waals surface area contributed by atoms with Gasteiger partial charge in [0.15, 0.2) is 0 Å². The molecule has 0 amide bonds. The lowest BCUT2D eigenvalue weighted by Crippen LogP contribution is -1.87. The molecule has 0 saturated heterocycles. The lowest BCUT2D eigenvalue weighted by atomic mass is 10.1. The van der Waals surface area contributed by atoms with Crippen LogP contribution in [0.15, 0.2) is 60.7 Å². The number of benzene rings is 2. The molecule has 3 aromatic rings. The largest absolute Gasteiger partial charge is 0.507 e. The molecule has 2 aromatic carbocycles. The number of aryl methyl sites for hydroxylation is 1. The Morgan fingerprint density at radius 3 is 2.50 bits per heavy atom. The minimum atomic E-state index is 0.229. The average molecular weight is 261 g/mol. The van der Waals surface area contributed by atoms with Crippen LogP contribution in [0, 0.1) is 6.92 Å². The maximum absolute atomic E-state index is 10.2. The van der Waals surface area contributed by atoms with E-state index in [0.717, 1.165) is 22.2 Å². The second-order valence-electron chi connectivity index (χ2n) is 4.82. The van der Waals surface area contributed by atoms with E-state index in [0.29, 0.717) is 0 Å². The van der Waals surface area contributed by atoms with Crippen molar-refractivity contribution in [3.63, 3.8) is 0 Å². The number of rotatable bonds is 2. The van der Waals surface area contributed by atoms with Crippen LogP contribution in [-0.4, -0.2) is 10.1 Å². The zero-order chi connectivity index (χ0) is 13.9. The van der Waals surface area contributed by atoms with Crippen LogP contribution in [0.5, 0.6) is 0 Å². The summed E-state index contributed by atoms with van der Waals surface area (Å²) in [5.41, 5.74) is 3.65. The fourth-order valence-corrected chi connectivity index (χ4v) is 2.11. The van der Waals surface area contributed by atoms with E-state index in [-0.39, 0.29) is 5.76 Å². The molecule has 98 valence electrons. The van der Waals surface area contributed by atoms with Crippen LogP contribution in [0.4, 0.5) is 0 Å². The Labute approximate surface area is 118 Å². The Balaban J connectivity index is 1.98. The molecule has 0 aliphatic rings. The van der Waals surface area contributed by atoms with Crippen LogP contribution >= 0.6 is 0 Å². The molecule has 0 spiro atoms. The van der Waals surface area contributed by atoms with Crippen LogP contribution in [-0.2, 0) is 0 Å². The summed E-state index contributed by atoms with van der Waals surface area (Å²) in [6.07, 6.45) is 1.69. The Morgan fingerprint density at radius 2 is 1.70 bits per heavy atom. The van der Waals surface area contributed by atoms with Gasteiger partial charge in [-0.1, -0.05) is 54.1 Å². The highest BCUT2D eigenvalue weighted by molar-refractivity contribution is 5.82. The van der Waals surface area contributed by atoms with Crippen LogP contribution in [0.2, 0.25) is 0 Å². The third kappa shape index (κ3) is 2.54. The normalized spacial score (nSPS) is 11.8. The van der Waals surface area contributed by atoms with Crippen molar-refractivity contribution in [2.75, 3.05) is 0 Å². The summed E-state index contributed by atoms with van der Waals surface area (Å²) in [5.74, 6) is 0.229. The van der Waals surface area contributed by atoms with E-state index in [1.54, 1.807) is 6.08 Å². The molecule has 0 bridgehead atoms. The summed E-state index contributed by atoms with van der Waals surface area (Å²) < 4.78 is 0.